The zero-order chi connectivity index (χ0) is 20.2. The number of carbonyl (C=O) groups excluding carboxylic acids is 1. The Labute approximate surface area is 169 Å². The molecule has 1 fully saturated rings. The fourth-order valence-electron chi connectivity index (χ4n) is 3.50. The van der Waals surface area contributed by atoms with E-state index in [1.165, 1.54) is 5.56 Å². The Morgan fingerprint density at radius 3 is 2.83 bits per heavy atom. The van der Waals surface area contributed by atoms with Crippen LogP contribution in [0.3, 0.4) is 0 Å². The zero-order valence-electron chi connectivity index (χ0n) is 16.6. The van der Waals surface area contributed by atoms with Crippen molar-refractivity contribution >= 4 is 11.7 Å². The Bertz CT molecular complexity index is 984. The maximum Gasteiger partial charge on any atom is 0.322 e. The van der Waals surface area contributed by atoms with Crippen molar-refractivity contribution in [2.75, 3.05) is 18.5 Å². The number of likely N-dealkylation sites (tertiary alicyclic amines) is 1. The Balaban J connectivity index is 1.51. The SMILES string of the molecule is CCOc1ccccc1NC(=O)N1CCC[C@H]1c1nc(-c2ccc(C)cc2)no1. The predicted molar refractivity (Wildman–Crippen MR) is 110 cm³/mol. The standard InChI is InChI=1S/C22H24N4O3/c1-3-28-19-9-5-4-7-17(19)23-22(27)26-14-6-8-18(26)21-24-20(25-29-21)16-12-10-15(2)11-13-16/h4-5,7,9-13,18H,3,6,8,14H2,1-2H3,(H,23,27)/t18-/m0/s1. The van der Waals surface area contributed by atoms with Crippen LogP contribution < -0.4 is 10.1 Å². The molecule has 2 heterocycles. The third-order valence-corrected chi connectivity index (χ3v) is 4.98. The van der Waals surface area contributed by atoms with E-state index in [2.05, 4.69) is 15.5 Å². The molecule has 0 saturated carbocycles. The van der Waals surface area contributed by atoms with Gasteiger partial charge in [-0.05, 0) is 38.8 Å². The second kappa shape index (κ2) is 8.34. The quantitative estimate of drug-likeness (QED) is 0.674. The second-order valence-electron chi connectivity index (χ2n) is 7.03. The molecule has 4 rings (SSSR count). The summed E-state index contributed by atoms with van der Waals surface area (Å²) in [6.07, 6.45) is 1.67. The minimum Gasteiger partial charge on any atom is -0.492 e. The van der Waals surface area contributed by atoms with Crippen LogP contribution in [0, 0.1) is 6.92 Å². The zero-order valence-corrected chi connectivity index (χ0v) is 16.6. The summed E-state index contributed by atoms with van der Waals surface area (Å²) in [5.41, 5.74) is 2.71. The highest BCUT2D eigenvalue weighted by Crippen LogP contribution is 2.33. The number of aromatic nitrogens is 2. The molecule has 1 aliphatic heterocycles. The number of ether oxygens (including phenoxy) is 1. The van der Waals surface area contributed by atoms with Crippen LogP contribution in [0.15, 0.2) is 53.1 Å². The number of nitrogens with zero attached hydrogens (tertiary/aromatic N) is 3. The van der Waals surface area contributed by atoms with Crippen LogP contribution in [-0.4, -0.2) is 34.2 Å². The van der Waals surface area contributed by atoms with Crippen molar-refractivity contribution in [2.45, 2.75) is 32.7 Å². The number of nitrogens with one attached hydrogen (secondary N) is 1. The molecular weight excluding hydrogens is 368 g/mol. The highest BCUT2D eigenvalue weighted by atomic mass is 16.5. The third kappa shape index (κ3) is 4.08. The maximum absolute atomic E-state index is 12.9. The Kier molecular flexibility index (Phi) is 5.46. The summed E-state index contributed by atoms with van der Waals surface area (Å²) in [4.78, 5) is 19.2. The first kappa shape index (κ1) is 19.0. The van der Waals surface area contributed by atoms with Gasteiger partial charge in [0.1, 0.15) is 11.8 Å². The molecule has 3 aromatic rings. The highest BCUT2D eigenvalue weighted by Gasteiger charge is 2.34. The van der Waals surface area contributed by atoms with Crippen LogP contribution in [-0.2, 0) is 0 Å². The summed E-state index contributed by atoms with van der Waals surface area (Å²) in [7, 11) is 0. The van der Waals surface area contributed by atoms with E-state index in [0.717, 1.165) is 18.4 Å². The molecule has 0 spiro atoms. The molecule has 1 saturated heterocycles. The number of aryl methyl sites for hydroxylation is 1. The van der Waals surface area contributed by atoms with Crippen molar-refractivity contribution in [1.82, 2.24) is 15.0 Å². The van der Waals surface area contributed by atoms with Gasteiger partial charge in [-0.2, -0.15) is 4.98 Å². The molecule has 2 amide bonds. The molecule has 7 heteroatoms. The number of urea groups is 1. The molecule has 1 aromatic heterocycles. The molecule has 1 aliphatic rings. The minimum absolute atomic E-state index is 0.199. The number of carbonyl (C=O) groups is 1. The number of para-hydroxylation sites is 2. The first-order chi connectivity index (χ1) is 14.2. The topological polar surface area (TPSA) is 80.5 Å². The number of hydrogen-bond acceptors (Lipinski definition) is 5. The number of rotatable bonds is 5. The Hall–Kier alpha value is -3.35. The third-order valence-electron chi connectivity index (χ3n) is 4.98. The lowest BCUT2D eigenvalue weighted by Crippen LogP contribution is -2.34. The molecule has 1 N–H and O–H groups in total. The van der Waals surface area contributed by atoms with Gasteiger partial charge < -0.3 is 19.5 Å². The Morgan fingerprint density at radius 2 is 2.03 bits per heavy atom. The van der Waals surface area contributed by atoms with E-state index in [4.69, 9.17) is 9.26 Å². The number of amides is 2. The van der Waals surface area contributed by atoms with Gasteiger partial charge in [0, 0.05) is 12.1 Å². The van der Waals surface area contributed by atoms with Gasteiger partial charge in [0.05, 0.1) is 12.3 Å². The van der Waals surface area contributed by atoms with Gasteiger partial charge in [-0.3, -0.25) is 0 Å². The van der Waals surface area contributed by atoms with Crippen molar-refractivity contribution in [1.29, 1.82) is 0 Å². The average molecular weight is 392 g/mol. The van der Waals surface area contributed by atoms with Crippen LogP contribution in [0.5, 0.6) is 5.75 Å². The van der Waals surface area contributed by atoms with E-state index in [1.54, 1.807) is 4.90 Å². The fraction of sp³-hybridized carbons (Fsp3) is 0.318. The molecule has 2 aromatic carbocycles. The van der Waals surface area contributed by atoms with Crippen LogP contribution >= 0.6 is 0 Å². The smallest absolute Gasteiger partial charge is 0.322 e. The molecule has 0 unspecified atom stereocenters. The van der Waals surface area contributed by atoms with Gasteiger partial charge in [0.25, 0.3) is 0 Å². The molecule has 0 aliphatic carbocycles. The predicted octanol–water partition coefficient (Wildman–Crippen LogP) is 4.81. The van der Waals surface area contributed by atoms with Crippen LogP contribution in [0.1, 0.15) is 37.3 Å². The van der Waals surface area contributed by atoms with Crippen molar-refractivity contribution in [3.63, 3.8) is 0 Å². The summed E-state index contributed by atoms with van der Waals surface area (Å²) in [5.74, 6) is 1.65. The Morgan fingerprint density at radius 1 is 1.24 bits per heavy atom. The van der Waals surface area contributed by atoms with Gasteiger partial charge in [0.15, 0.2) is 0 Å². The summed E-state index contributed by atoms with van der Waals surface area (Å²) in [6, 6.07) is 14.9. The van der Waals surface area contributed by atoms with Crippen LogP contribution in [0.4, 0.5) is 10.5 Å². The van der Waals surface area contributed by atoms with Crippen molar-refractivity contribution < 1.29 is 14.1 Å². The molecule has 150 valence electrons. The molecule has 0 bridgehead atoms. The van der Waals surface area contributed by atoms with Crippen LogP contribution in [0.25, 0.3) is 11.4 Å². The van der Waals surface area contributed by atoms with Gasteiger partial charge >= 0.3 is 6.03 Å². The van der Waals surface area contributed by atoms with Crippen molar-refractivity contribution in [2.24, 2.45) is 0 Å². The van der Waals surface area contributed by atoms with E-state index in [0.29, 0.717) is 36.3 Å². The molecule has 7 nitrogen and oxygen atoms in total. The number of benzene rings is 2. The second-order valence-corrected chi connectivity index (χ2v) is 7.03. The van der Waals surface area contributed by atoms with E-state index in [9.17, 15) is 4.79 Å². The highest BCUT2D eigenvalue weighted by molar-refractivity contribution is 5.91. The maximum atomic E-state index is 12.9. The average Bonchev–Trinajstić information content (AvgIpc) is 3.39. The molecule has 0 radical (unpaired) electrons. The van der Waals surface area contributed by atoms with Gasteiger partial charge in [-0.1, -0.05) is 47.1 Å². The normalized spacial score (nSPS) is 16.1. The van der Waals surface area contributed by atoms with E-state index in [-0.39, 0.29) is 12.1 Å². The fourth-order valence-corrected chi connectivity index (χ4v) is 3.50. The van der Waals surface area contributed by atoms with Gasteiger partial charge in [0.2, 0.25) is 11.7 Å². The minimum atomic E-state index is -0.235. The summed E-state index contributed by atoms with van der Waals surface area (Å²) < 4.78 is 11.1. The number of anilines is 1. The number of hydrogen-bond donors (Lipinski definition) is 1. The first-order valence-corrected chi connectivity index (χ1v) is 9.86. The van der Waals surface area contributed by atoms with E-state index >= 15 is 0 Å². The van der Waals surface area contributed by atoms with Gasteiger partial charge in [-0.25, -0.2) is 4.79 Å². The van der Waals surface area contributed by atoms with Crippen molar-refractivity contribution in [3.8, 4) is 17.1 Å². The first-order valence-electron chi connectivity index (χ1n) is 9.86. The molecule has 1 atom stereocenters. The van der Waals surface area contributed by atoms with E-state index in [1.807, 2.05) is 62.4 Å². The lowest BCUT2D eigenvalue weighted by atomic mass is 10.1. The molecule has 29 heavy (non-hydrogen) atoms. The van der Waals surface area contributed by atoms with E-state index < -0.39 is 0 Å². The largest absolute Gasteiger partial charge is 0.492 e. The lowest BCUT2D eigenvalue weighted by molar-refractivity contribution is 0.193. The molecular formula is C22H24N4O3. The summed E-state index contributed by atoms with van der Waals surface area (Å²) >= 11 is 0. The van der Waals surface area contributed by atoms with Crippen molar-refractivity contribution in [3.05, 3.63) is 60.0 Å². The lowest BCUT2D eigenvalue weighted by Gasteiger charge is -2.23. The van der Waals surface area contributed by atoms with Crippen LogP contribution in [0.2, 0.25) is 0 Å². The summed E-state index contributed by atoms with van der Waals surface area (Å²) in [6.45, 7) is 5.11. The monoisotopic (exact) mass is 392 g/mol. The summed E-state index contributed by atoms with van der Waals surface area (Å²) in [5, 5.41) is 7.07. The van der Waals surface area contributed by atoms with Gasteiger partial charge in [-0.15, -0.1) is 0 Å².